The molecule has 2 nitrogen and oxygen atoms in total. The van der Waals surface area contributed by atoms with Gasteiger partial charge in [0.05, 0.1) is 0 Å². The van der Waals surface area contributed by atoms with Gasteiger partial charge in [-0.05, 0) is 6.26 Å². The Morgan fingerprint density at radius 2 is 1.44 bits per heavy atom. The zero-order chi connectivity index (χ0) is 12.6. The third kappa shape index (κ3) is 3.37. The van der Waals surface area contributed by atoms with Crippen LogP contribution in [0.2, 0.25) is 0 Å². The molecule has 92 valence electrons. The van der Waals surface area contributed by atoms with E-state index in [2.05, 4.69) is 5.16 Å². The first-order valence-electron chi connectivity index (χ1n) is 5.71. The van der Waals surface area contributed by atoms with Crippen LogP contribution in [0, 0.1) is 0 Å². The van der Waals surface area contributed by atoms with E-state index in [9.17, 15) is 0 Å². The summed E-state index contributed by atoms with van der Waals surface area (Å²) < 4.78 is 0. The molecule has 0 aromatic heterocycles. The highest BCUT2D eigenvalue weighted by Crippen LogP contribution is 2.11. The summed E-state index contributed by atoms with van der Waals surface area (Å²) in [5.74, 6) is 0.559. The monoisotopic (exact) mass is 257 g/mol. The average Bonchev–Trinajstić information content (AvgIpc) is 2.46. The van der Waals surface area contributed by atoms with Crippen molar-refractivity contribution in [3.63, 3.8) is 0 Å². The van der Waals surface area contributed by atoms with Gasteiger partial charge in [-0.15, -0.1) is 11.8 Å². The molecule has 18 heavy (non-hydrogen) atoms. The number of rotatable bonds is 5. The van der Waals surface area contributed by atoms with Crippen molar-refractivity contribution in [2.24, 2.45) is 5.16 Å². The van der Waals surface area contributed by atoms with Gasteiger partial charge in [-0.2, -0.15) is 0 Å². The summed E-state index contributed by atoms with van der Waals surface area (Å²) in [4.78, 5) is 5.30. The van der Waals surface area contributed by atoms with E-state index >= 15 is 0 Å². The topological polar surface area (TPSA) is 21.6 Å². The van der Waals surface area contributed by atoms with Crippen LogP contribution in [0.4, 0.5) is 0 Å². The first-order valence-corrected chi connectivity index (χ1v) is 7.11. The van der Waals surface area contributed by atoms with Crippen molar-refractivity contribution < 1.29 is 4.84 Å². The molecule has 0 bridgehead atoms. The van der Waals surface area contributed by atoms with Crippen LogP contribution >= 0.6 is 11.8 Å². The lowest BCUT2D eigenvalue weighted by Gasteiger charge is -2.06. The van der Waals surface area contributed by atoms with Crippen molar-refractivity contribution in [3.8, 4) is 0 Å². The molecule has 0 aliphatic heterocycles. The second-order valence-corrected chi connectivity index (χ2v) is 4.52. The normalized spacial score (nSPS) is 9.83. The second-order valence-electron chi connectivity index (χ2n) is 3.71. The highest BCUT2D eigenvalue weighted by atomic mass is 32.2. The molecule has 0 fully saturated rings. The van der Waals surface area contributed by atoms with Gasteiger partial charge in [-0.1, -0.05) is 65.8 Å². The third-order valence-electron chi connectivity index (χ3n) is 2.42. The number of hydrogen-bond acceptors (Lipinski definition) is 3. The van der Waals surface area contributed by atoms with Gasteiger partial charge in [0, 0.05) is 11.1 Å². The Morgan fingerprint density at radius 1 is 0.944 bits per heavy atom. The van der Waals surface area contributed by atoms with Gasteiger partial charge in [0.15, 0.2) is 5.94 Å². The Labute approximate surface area is 112 Å². The minimum absolute atomic E-state index is 0.559. The predicted molar refractivity (Wildman–Crippen MR) is 78.0 cm³/mol. The minimum Gasteiger partial charge on any atom is -0.384 e. The highest BCUT2D eigenvalue weighted by molar-refractivity contribution is 7.98. The van der Waals surface area contributed by atoms with Gasteiger partial charge < -0.3 is 4.84 Å². The predicted octanol–water partition coefficient (Wildman–Crippen LogP) is 3.78. The SMILES string of the molecule is CSCON=C(c1ccccc1)c1ccccc1. The summed E-state index contributed by atoms with van der Waals surface area (Å²) >= 11 is 1.60. The quantitative estimate of drug-likeness (QED) is 0.352. The lowest BCUT2D eigenvalue weighted by atomic mass is 10.0. The Balaban J connectivity index is 2.33. The fourth-order valence-corrected chi connectivity index (χ4v) is 1.77. The lowest BCUT2D eigenvalue weighted by Crippen LogP contribution is -2.04. The Kier molecular flexibility index (Phi) is 4.85. The Hall–Kier alpha value is -1.74. The molecule has 2 aromatic carbocycles. The molecule has 0 heterocycles. The van der Waals surface area contributed by atoms with Crippen molar-refractivity contribution in [2.75, 3.05) is 12.2 Å². The van der Waals surface area contributed by atoms with Crippen LogP contribution in [-0.2, 0) is 4.84 Å². The molecule has 0 radical (unpaired) electrons. The van der Waals surface area contributed by atoms with Crippen molar-refractivity contribution in [1.82, 2.24) is 0 Å². The molecule has 0 N–H and O–H groups in total. The maximum atomic E-state index is 5.30. The van der Waals surface area contributed by atoms with E-state index in [1.807, 2.05) is 66.9 Å². The maximum absolute atomic E-state index is 5.30. The largest absolute Gasteiger partial charge is 0.384 e. The molecule has 0 aliphatic carbocycles. The second kappa shape index (κ2) is 6.87. The highest BCUT2D eigenvalue weighted by Gasteiger charge is 2.06. The van der Waals surface area contributed by atoms with Crippen LogP contribution < -0.4 is 0 Å². The van der Waals surface area contributed by atoms with Gasteiger partial charge in [0.1, 0.15) is 5.71 Å². The van der Waals surface area contributed by atoms with Gasteiger partial charge in [-0.3, -0.25) is 0 Å². The number of nitrogens with zero attached hydrogens (tertiary/aromatic N) is 1. The van der Waals surface area contributed by atoms with E-state index in [0.717, 1.165) is 16.8 Å². The molecule has 0 aliphatic rings. The summed E-state index contributed by atoms with van der Waals surface area (Å²) in [5, 5.41) is 4.25. The first-order chi connectivity index (χ1) is 8.92. The zero-order valence-corrected chi connectivity index (χ0v) is 11.1. The van der Waals surface area contributed by atoms with Crippen molar-refractivity contribution in [3.05, 3.63) is 71.8 Å². The maximum Gasteiger partial charge on any atom is 0.162 e. The van der Waals surface area contributed by atoms with E-state index in [1.165, 1.54) is 0 Å². The van der Waals surface area contributed by atoms with E-state index in [1.54, 1.807) is 11.8 Å². The van der Waals surface area contributed by atoms with Crippen molar-refractivity contribution in [1.29, 1.82) is 0 Å². The van der Waals surface area contributed by atoms with E-state index in [0.29, 0.717) is 5.94 Å². The molecule has 0 spiro atoms. The smallest absolute Gasteiger partial charge is 0.162 e. The fourth-order valence-electron chi connectivity index (χ4n) is 1.61. The summed E-state index contributed by atoms with van der Waals surface area (Å²) in [5.41, 5.74) is 2.99. The van der Waals surface area contributed by atoms with Crippen LogP contribution in [0.5, 0.6) is 0 Å². The molecule has 0 saturated carbocycles. The minimum atomic E-state index is 0.559. The molecule has 0 amide bonds. The number of oxime groups is 1. The summed E-state index contributed by atoms with van der Waals surface area (Å²) in [6.45, 7) is 0. The van der Waals surface area contributed by atoms with E-state index in [-0.39, 0.29) is 0 Å². The molecule has 0 saturated heterocycles. The van der Waals surface area contributed by atoms with Crippen molar-refractivity contribution in [2.45, 2.75) is 0 Å². The molecule has 0 atom stereocenters. The average molecular weight is 257 g/mol. The summed E-state index contributed by atoms with van der Waals surface area (Å²) in [6.07, 6.45) is 1.99. The van der Waals surface area contributed by atoms with Crippen LogP contribution in [-0.4, -0.2) is 17.9 Å². The third-order valence-corrected chi connectivity index (χ3v) is 2.76. The number of thioether (sulfide) groups is 1. The van der Waals surface area contributed by atoms with Crippen molar-refractivity contribution >= 4 is 17.5 Å². The molecule has 3 heteroatoms. The number of hydrogen-bond donors (Lipinski definition) is 0. The van der Waals surface area contributed by atoms with Crippen LogP contribution in [0.1, 0.15) is 11.1 Å². The summed E-state index contributed by atoms with van der Waals surface area (Å²) in [6, 6.07) is 20.1. The van der Waals surface area contributed by atoms with Crippen LogP contribution in [0.25, 0.3) is 0 Å². The molecular formula is C15H15NOS. The fraction of sp³-hybridized carbons (Fsp3) is 0.133. The van der Waals surface area contributed by atoms with Gasteiger partial charge in [-0.25, -0.2) is 0 Å². The standard InChI is InChI=1S/C15H15NOS/c1-18-12-17-16-15(13-8-4-2-5-9-13)14-10-6-3-7-11-14/h2-11H,12H2,1H3. The first kappa shape index (κ1) is 12.7. The Morgan fingerprint density at radius 3 is 1.89 bits per heavy atom. The van der Waals surface area contributed by atoms with Crippen LogP contribution in [0.3, 0.4) is 0 Å². The molecule has 2 rings (SSSR count). The molecule has 0 unspecified atom stereocenters. The Bertz CT molecular complexity index is 455. The zero-order valence-electron chi connectivity index (χ0n) is 10.2. The van der Waals surface area contributed by atoms with Gasteiger partial charge in [0.2, 0.25) is 0 Å². The summed E-state index contributed by atoms with van der Waals surface area (Å²) in [7, 11) is 0. The lowest BCUT2D eigenvalue weighted by molar-refractivity contribution is 0.197. The van der Waals surface area contributed by atoms with Gasteiger partial charge in [0.25, 0.3) is 0 Å². The number of benzene rings is 2. The molecule has 2 aromatic rings. The van der Waals surface area contributed by atoms with E-state index < -0.39 is 0 Å². The van der Waals surface area contributed by atoms with Crippen LogP contribution in [0.15, 0.2) is 65.8 Å². The van der Waals surface area contributed by atoms with Gasteiger partial charge >= 0.3 is 0 Å². The molecular weight excluding hydrogens is 242 g/mol. The van der Waals surface area contributed by atoms with E-state index in [4.69, 9.17) is 4.84 Å².